The number of aliphatic carboxylic acids is 1. The maximum Gasteiger partial charge on any atom is 0.320 e. The molecule has 0 aromatic carbocycles. The highest BCUT2D eigenvalue weighted by atomic mass is 32.2. The lowest BCUT2D eigenvalue weighted by Gasteiger charge is -2.04. The van der Waals surface area contributed by atoms with E-state index in [1.807, 2.05) is 0 Å². The molecule has 3 N–H and O–H groups in total. The third-order valence-electron chi connectivity index (χ3n) is 1.59. The number of carboxylic acids is 1. The van der Waals surface area contributed by atoms with E-state index >= 15 is 0 Å². The summed E-state index contributed by atoms with van der Waals surface area (Å²) in [5.74, 6) is 1.16. The molecule has 0 aromatic rings. The Morgan fingerprint density at radius 2 is 2.17 bits per heavy atom. The lowest BCUT2D eigenvalue weighted by Crippen LogP contribution is -2.32. The van der Waals surface area contributed by atoms with Crippen LogP contribution >= 0.6 is 13.5 Å². The van der Waals surface area contributed by atoms with Crippen LogP contribution in [0.5, 0.6) is 0 Å². The van der Waals surface area contributed by atoms with Crippen LogP contribution in [-0.2, 0) is 15.7 Å². The zero-order valence-electron chi connectivity index (χ0n) is 7.54. The summed E-state index contributed by atoms with van der Waals surface area (Å²) in [7, 11) is 0.343. The summed E-state index contributed by atoms with van der Waals surface area (Å²) in [6.45, 7) is 2.11. The lowest BCUT2D eigenvalue weighted by molar-refractivity contribution is -0.138. The molecule has 0 radical (unpaired) electrons. The fourth-order valence-electron chi connectivity index (χ4n) is 0.596. The van der Waals surface area contributed by atoms with E-state index in [9.17, 15) is 4.79 Å². The Bertz CT molecular complexity index is 133. The minimum Gasteiger partial charge on any atom is -0.480 e. The maximum absolute atomic E-state index is 10.3. The number of rotatable bonds is 5. The van der Waals surface area contributed by atoms with Crippen molar-refractivity contribution in [2.75, 3.05) is 17.8 Å². The van der Waals surface area contributed by atoms with Gasteiger partial charge in [0.05, 0.1) is 6.26 Å². The van der Waals surface area contributed by atoms with E-state index in [1.165, 1.54) is 0 Å². The second kappa shape index (κ2) is 7.76. The number of carbonyl (C=O) groups is 1. The van der Waals surface area contributed by atoms with Crippen LogP contribution in [0.1, 0.15) is 13.3 Å². The van der Waals surface area contributed by atoms with Gasteiger partial charge < -0.3 is 10.8 Å². The molecule has 0 aliphatic rings. The van der Waals surface area contributed by atoms with Crippen LogP contribution in [0.3, 0.4) is 0 Å². The first-order chi connectivity index (χ1) is 5.07. The van der Waals surface area contributed by atoms with E-state index in [2.05, 4.69) is 13.2 Å². The topological polar surface area (TPSA) is 63.3 Å². The molecule has 2 atom stereocenters. The summed E-state index contributed by atoms with van der Waals surface area (Å²) in [4.78, 5) is 10.3. The Hall–Kier alpha value is 0.130. The first kappa shape index (κ1) is 14.6. The van der Waals surface area contributed by atoms with Crippen LogP contribution in [0, 0.1) is 0 Å². The molecular formula is C7H18NO2S2+. The molecule has 0 heterocycles. The fraction of sp³-hybridized carbons (Fsp3) is 0.857. The smallest absolute Gasteiger partial charge is 0.320 e. The van der Waals surface area contributed by atoms with Crippen LogP contribution < -0.4 is 5.73 Å². The number of nitrogens with two attached hydrogens (primary N) is 1. The molecular weight excluding hydrogens is 194 g/mol. The van der Waals surface area contributed by atoms with Gasteiger partial charge in [0.1, 0.15) is 17.5 Å². The quantitative estimate of drug-likeness (QED) is 0.639. The van der Waals surface area contributed by atoms with E-state index in [4.69, 9.17) is 10.8 Å². The van der Waals surface area contributed by atoms with Gasteiger partial charge in [-0.05, 0) is 17.8 Å². The van der Waals surface area contributed by atoms with E-state index < -0.39 is 12.0 Å². The summed E-state index contributed by atoms with van der Waals surface area (Å²) in [6, 6.07) is -0.670. The predicted molar refractivity (Wildman–Crippen MR) is 59.3 cm³/mol. The van der Waals surface area contributed by atoms with Crippen LogP contribution in [0.2, 0.25) is 0 Å². The molecule has 5 heteroatoms. The van der Waals surface area contributed by atoms with E-state index in [0.717, 1.165) is 11.5 Å². The van der Waals surface area contributed by atoms with Gasteiger partial charge >= 0.3 is 5.97 Å². The van der Waals surface area contributed by atoms with Crippen molar-refractivity contribution in [1.82, 2.24) is 0 Å². The highest BCUT2D eigenvalue weighted by molar-refractivity contribution is 7.96. The highest BCUT2D eigenvalue weighted by Crippen LogP contribution is 1.97. The Morgan fingerprint density at radius 1 is 1.67 bits per heavy atom. The molecule has 0 aromatic heterocycles. The maximum atomic E-state index is 10.3. The van der Waals surface area contributed by atoms with Gasteiger partial charge in [0.2, 0.25) is 0 Å². The van der Waals surface area contributed by atoms with Crippen molar-refractivity contribution in [3.63, 3.8) is 0 Å². The Labute approximate surface area is 83.5 Å². The van der Waals surface area contributed by atoms with Crippen LogP contribution in [0.25, 0.3) is 0 Å². The standard InChI is InChI=1S/C7H15NO2S.H2S/c1-3-11(2)5-4-6(8)7(9)10;/h6H,3-5,8H2,1-2H3;1H2/p+1/t6-,11?;/m0./s1. The van der Waals surface area contributed by atoms with Crippen LogP contribution in [0.15, 0.2) is 0 Å². The first-order valence-corrected chi connectivity index (χ1v) is 5.62. The van der Waals surface area contributed by atoms with Crippen LogP contribution in [-0.4, -0.2) is 34.9 Å². The van der Waals surface area contributed by atoms with Gasteiger partial charge in [0.25, 0.3) is 0 Å². The molecule has 0 aliphatic carbocycles. The molecule has 3 nitrogen and oxygen atoms in total. The van der Waals surface area contributed by atoms with Gasteiger partial charge in [0, 0.05) is 6.42 Å². The van der Waals surface area contributed by atoms with Crippen molar-refractivity contribution in [3.05, 3.63) is 0 Å². The van der Waals surface area contributed by atoms with Crippen LogP contribution in [0.4, 0.5) is 0 Å². The second-order valence-electron chi connectivity index (χ2n) is 2.51. The summed E-state index contributed by atoms with van der Waals surface area (Å²) in [6.07, 6.45) is 2.73. The Morgan fingerprint density at radius 3 is 2.50 bits per heavy atom. The van der Waals surface area contributed by atoms with E-state index in [0.29, 0.717) is 17.3 Å². The molecule has 0 saturated carbocycles. The van der Waals surface area contributed by atoms with E-state index in [-0.39, 0.29) is 13.5 Å². The van der Waals surface area contributed by atoms with E-state index in [1.54, 1.807) is 0 Å². The Kier molecular flexibility index (Phi) is 9.47. The summed E-state index contributed by atoms with van der Waals surface area (Å²) >= 11 is 0. The monoisotopic (exact) mass is 212 g/mol. The van der Waals surface area contributed by atoms with Crippen molar-refractivity contribution < 1.29 is 9.90 Å². The molecule has 0 saturated heterocycles. The fourth-order valence-corrected chi connectivity index (χ4v) is 1.54. The van der Waals surface area contributed by atoms with Gasteiger partial charge in [-0.3, -0.25) is 4.79 Å². The van der Waals surface area contributed by atoms with Gasteiger partial charge in [0.15, 0.2) is 0 Å². The van der Waals surface area contributed by atoms with Gasteiger partial charge in [-0.15, -0.1) is 0 Å². The summed E-state index contributed by atoms with van der Waals surface area (Å²) in [5, 5.41) is 8.45. The first-order valence-electron chi connectivity index (χ1n) is 3.65. The van der Waals surface area contributed by atoms with Crippen molar-refractivity contribution in [1.29, 1.82) is 0 Å². The third-order valence-corrected chi connectivity index (χ3v) is 3.51. The van der Waals surface area contributed by atoms with Gasteiger partial charge in [-0.1, -0.05) is 0 Å². The van der Waals surface area contributed by atoms with Gasteiger partial charge in [-0.25, -0.2) is 0 Å². The van der Waals surface area contributed by atoms with Crippen molar-refractivity contribution in [2.45, 2.75) is 19.4 Å². The minimum atomic E-state index is -0.891. The zero-order valence-corrected chi connectivity index (χ0v) is 9.36. The van der Waals surface area contributed by atoms with Gasteiger partial charge in [-0.2, -0.15) is 13.5 Å². The molecule has 0 rings (SSSR count). The molecule has 0 fully saturated rings. The molecule has 12 heavy (non-hydrogen) atoms. The molecule has 0 aliphatic heterocycles. The predicted octanol–water partition coefficient (Wildman–Crippen LogP) is 0.169. The largest absolute Gasteiger partial charge is 0.480 e. The molecule has 0 amide bonds. The minimum absolute atomic E-state index is 0. The van der Waals surface area contributed by atoms with Crippen molar-refractivity contribution in [2.24, 2.45) is 5.73 Å². The normalized spacial score (nSPS) is 14.6. The average molecular weight is 212 g/mol. The molecule has 74 valence electrons. The average Bonchev–Trinajstić information content (AvgIpc) is 1.99. The second-order valence-corrected chi connectivity index (χ2v) is 5.06. The molecule has 0 bridgehead atoms. The van der Waals surface area contributed by atoms with Crippen molar-refractivity contribution in [3.8, 4) is 0 Å². The number of hydrogen-bond acceptors (Lipinski definition) is 2. The molecule has 1 unspecified atom stereocenters. The SMILES string of the molecule is CC[S+](C)CC[C@H](N)C(=O)O.S. The van der Waals surface area contributed by atoms with Crippen molar-refractivity contribution >= 4 is 30.4 Å². The number of carboxylic acid groups (broad SMARTS) is 1. The highest BCUT2D eigenvalue weighted by Gasteiger charge is 2.15. The molecule has 0 spiro atoms. The third kappa shape index (κ3) is 6.82. The zero-order chi connectivity index (χ0) is 8.85. The summed E-state index contributed by atoms with van der Waals surface area (Å²) in [5.41, 5.74) is 5.32. The lowest BCUT2D eigenvalue weighted by atomic mass is 10.2. The summed E-state index contributed by atoms with van der Waals surface area (Å²) < 4.78 is 0. The number of hydrogen-bond donors (Lipinski definition) is 2. The Balaban J connectivity index is 0.